The van der Waals surface area contributed by atoms with Gasteiger partial charge < -0.3 is 19.7 Å². The molecule has 31 heavy (non-hydrogen) atoms. The number of nitrogens with one attached hydrogen (secondary N) is 2. The Balaban J connectivity index is 1.70. The van der Waals surface area contributed by atoms with Gasteiger partial charge in [0.15, 0.2) is 17.5 Å². The predicted molar refractivity (Wildman–Crippen MR) is 125 cm³/mol. The van der Waals surface area contributed by atoms with Gasteiger partial charge in [0.05, 0.1) is 20.8 Å². The molecule has 3 aromatic carbocycles. The van der Waals surface area contributed by atoms with Crippen molar-refractivity contribution in [3.05, 3.63) is 78.4 Å². The van der Waals surface area contributed by atoms with E-state index in [1.807, 2.05) is 93.7 Å². The molecular formula is C26H31N2O3+. The number of carbonyl (C=O) groups is 1. The molecule has 0 saturated heterocycles. The molecule has 2 atom stereocenters. The summed E-state index contributed by atoms with van der Waals surface area (Å²) in [6.07, 6.45) is 0. The summed E-state index contributed by atoms with van der Waals surface area (Å²) in [7, 11) is 3.66. The standard InChI is InChI=1S/C26H30N2O3/c1-5-31-24-16-15-20(17-25(24)30-4)18-28(3)19(2)26(29)27-23-14-10-9-13-22(23)21-11-7-6-8-12-21/h6-17,19H,5,18H2,1-4H3,(H,27,29)/p+1/t19-/m1/s1. The average molecular weight is 420 g/mol. The van der Waals surface area contributed by atoms with Crippen LogP contribution in [0.4, 0.5) is 5.69 Å². The first kappa shape index (κ1) is 22.4. The fraction of sp³-hybridized carbons (Fsp3) is 0.269. The highest BCUT2D eigenvalue weighted by molar-refractivity contribution is 5.97. The van der Waals surface area contributed by atoms with Crippen molar-refractivity contribution in [2.75, 3.05) is 26.1 Å². The van der Waals surface area contributed by atoms with Gasteiger partial charge in [-0.3, -0.25) is 4.79 Å². The van der Waals surface area contributed by atoms with E-state index in [4.69, 9.17) is 9.47 Å². The molecule has 0 aliphatic heterocycles. The molecule has 0 aliphatic rings. The molecule has 0 saturated carbocycles. The van der Waals surface area contributed by atoms with E-state index in [1.54, 1.807) is 7.11 Å². The zero-order chi connectivity index (χ0) is 22.2. The number of hydrogen-bond donors (Lipinski definition) is 2. The van der Waals surface area contributed by atoms with Gasteiger partial charge in [0.25, 0.3) is 5.91 Å². The highest BCUT2D eigenvalue weighted by Gasteiger charge is 2.23. The molecule has 5 nitrogen and oxygen atoms in total. The van der Waals surface area contributed by atoms with Crippen LogP contribution in [0.1, 0.15) is 19.4 Å². The van der Waals surface area contributed by atoms with E-state index in [-0.39, 0.29) is 11.9 Å². The Kier molecular flexibility index (Phi) is 7.68. The molecule has 3 aromatic rings. The van der Waals surface area contributed by atoms with E-state index in [9.17, 15) is 4.79 Å². The maximum Gasteiger partial charge on any atom is 0.282 e. The van der Waals surface area contributed by atoms with Crippen LogP contribution in [0.2, 0.25) is 0 Å². The molecule has 1 amide bonds. The van der Waals surface area contributed by atoms with Gasteiger partial charge in [-0.25, -0.2) is 0 Å². The van der Waals surface area contributed by atoms with Gasteiger partial charge >= 0.3 is 0 Å². The number of anilines is 1. The second kappa shape index (κ2) is 10.6. The number of amides is 1. The Morgan fingerprint density at radius 1 is 1.00 bits per heavy atom. The third-order valence-corrected chi connectivity index (χ3v) is 5.41. The van der Waals surface area contributed by atoms with Crippen LogP contribution in [0, 0.1) is 0 Å². The van der Waals surface area contributed by atoms with Gasteiger partial charge in [0, 0.05) is 16.8 Å². The number of para-hydroxylation sites is 1. The Morgan fingerprint density at radius 2 is 1.71 bits per heavy atom. The van der Waals surface area contributed by atoms with Crippen LogP contribution >= 0.6 is 0 Å². The lowest BCUT2D eigenvalue weighted by Gasteiger charge is -2.22. The lowest BCUT2D eigenvalue weighted by atomic mass is 10.0. The maximum atomic E-state index is 13.0. The van der Waals surface area contributed by atoms with Crippen molar-refractivity contribution in [1.82, 2.24) is 0 Å². The fourth-order valence-corrected chi connectivity index (χ4v) is 3.50. The Hall–Kier alpha value is -3.31. The molecule has 0 bridgehead atoms. The van der Waals surface area contributed by atoms with Crippen LogP contribution in [0.15, 0.2) is 72.8 Å². The summed E-state index contributed by atoms with van der Waals surface area (Å²) in [5, 5.41) is 3.12. The summed E-state index contributed by atoms with van der Waals surface area (Å²) in [6.45, 7) is 5.17. The molecule has 0 radical (unpaired) electrons. The number of benzene rings is 3. The molecule has 0 spiro atoms. The molecule has 5 heteroatoms. The van der Waals surface area contributed by atoms with Crippen LogP contribution in [0.3, 0.4) is 0 Å². The minimum absolute atomic E-state index is 0.0150. The van der Waals surface area contributed by atoms with Crippen molar-refractivity contribution < 1.29 is 19.2 Å². The Morgan fingerprint density at radius 3 is 2.42 bits per heavy atom. The minimum atomic E-state index is -0.235. The quantitative estimate of drug-likeness (QED) is 0.555. The molecule has 0 fully saturated rings. The topological polar surface area (TPSA) is 52.0 Å². The first-order valence-electron chi connectivity index (χ1n) is 10.6. The van der Waals surface area contributed by atoms with Gasteiger partial charge in [-0.2, -0.15) is 0 Å². The van der Waals surface area contributed by atoms with Crippen LogP contribution < -0.4 is 19.7 Å². The van der Waals surface area contributed by atoms with E-state index >= 15 is 0 Å². The van der Waals surface area contributed by atoms with Gasteiger partial charge in [-0.05, 0) is 43.7 Å². The summed E-state index contributed by atoms with van der Waals surface area (Å²) in [4.78, 5) is 14.1. The van der Waals surface area contributed by atoms with Crippen molar-refractivity contribution in [2.24, 2.45) is 0 Å². The fourth-order valence-electron chi connectivity index (χ4n) is 3.50. The zero-order valence-corrected chi connectivity index (χ0v) is 18.6. The lowest BCUT2D eigenvalue weighted by molar-refractivity contribution is -0.907. The Bertz CT molecular complexity index is 1000. The van der Waals surface area contributed by atoms with E-state index in [2.05, 4.69) is 5.32 Å². The molecule has 1 unspecified atom stereocenters. The molecule has 3 rings (SSSR count). The van der Waals surface area contributed by atoms with Crippen molar-refractivity contribution in [3.63, 3.8) is 0 Å². The highest BCUT2D eigenvalue weighted by Crippen LogP contribution is 2.28. The third kappa shape index (κ3) is 5.64. The molecule has 0 aliphatic carbocycles. The number of carbonyl (C=O) groups excluding carboxylic acids is 1. The first-order chi connectivity index (χ1) is 15.0. The van der Waals surface area contributed by atoms with E-state index in [0.717, 1.165) is 33.0 Å². The second-order valence-electron chi connectivity index (χ2n) is 7.56. The van der Waals surface area contributed by atoms with E-state index in [1.165, 1.54) is 0 Å². The number of methoxy groups -OCH3 is 1. The van der Waals surface area contributed by atoms with Crippen molar-refractivity contribution in [2.45, 2.75) is 26.4 Å². The summed E-state index contributed by atoms with van der Waals surface area (Å²) in [6, 6.07) is 23.7. The predicted octanol–water partition coefficient (Wildman–Crippen LogP) is 3.80. The van der Waals surface area contributed by atoms with Gasteiger partial charge in [-0.15, -0.1) is 0 Å². The van der Waals surface area contributed by atoms with Gasteiger partial charge in [0.2, 0.25) is 0 Å². The molecule has 162 valence electrons. The lowest BCUT2D eigenvalue weighted by Crippen LogP contribution is -3.12. The second-order valence-corrected chi connectivity index (χ2v) is 7.56. The number of ether oxygens (including phenoxy) is 2. The zero-order valence-electron chi connectivity index (χ0n) is 18.6. The average Bonchev–Trinajstić information content (AvgIpc) is 2.80. The summed E-state index contributed by atoms with van der Waals surface area (Å²) < 4.78 is 11.0. The van der Waals surface area contributed by atoms with Crippen molar-refractivity contribution in [1.29, 1.82) is 0 Å². The Labute approximate surface area is 184 Å². The maximum absolute atomic E-state index is 13.0. The monoisotopic (exact) mass is 419 g/mol. The summed E-state index contributed by atoms with van der Waals surface area (Å²) in [5.74, 6) is 1.43. The minimum Gasteiger partial charge on any atom is -0.493 e. The van der Waals surface area contributed by atoms with Crippen LogP contribution in [-0.2, 0) is 11.3 Å². The van der Waals surface area contributed by atoms with Crippen LogP contribution in [0.25, 0.3) is 11.1 Å². The van der Waals surface area contributed by atoms with Crippen molar-refractivity contribution >= 4 is 11.6 Å². The van der Waals surface area contributed by atoms with Gasteiger partial charge in [-0.1, -0.05) is 48.5 Å². The van der Waals surface area contributed by atoms with E-state index in [0.29, 0.717) is 18.9 Å². The van der Waals surface area contributed by atoms with Crippen LogP contribution in [-0.4, -0.2) is 32.7 Å². The third-order valence-electron chi connectivity index (χ3n) is 5.41. The van der Waals surface area contributed by atoms with Gasteiger partial charge in [0.1, 0.15) is 6.54 Å². The normalized spacial score (nSPS) is 12.6. The summed E-state index contributed by atoms with van der Waals surface area (Å²) >= 11 is 0. The molecule has 0 heterocycles. The number of hydrogen-bond acceptors (Lipinski definition) is 3. The highest BCUT2D eigenvalue weighted by atomic mass is 16.5. The first-order valence-corrected chi connectivity index (χ1v) is 10.6. The van der Waals surface area contributed by atoms with E-state index < -0.39 is 0 Å². The number of likely N-dealkylation sites (N-methyl/N-ethyl adjacent to an activating group) is 1. The molecule has 2 N–H and O–H groups in total. The molecule has 0 aromatic heterocycles. The SMILES string of the molecule is CCOc1ccc(C[NH+](C)[C@H](C)C(=O)Nc2ccccc2-c2ccccc2)cc1OC. The van der Waals surface area contributed by atoms with Crippen LogP contribution in [0.5, 0.6) is 11.5 Å². The smallest absolute Gasteiger partial charge is 0.282 e. The number of rotatable bonds is 9. The number of quaternary nitrogens is 1. The van der Waals surface area contributed by atoms with Crippen molar-refractivity contribution in [3.8, 4) is 22.6 Å². The molecular weight excluding hydrogens is 388 g/mol. The largest absolute Gasteiger partial charge is 0.493 e. The summed E-state index contributed by atoms with van der Waals surface area (Å²) in [5.41, 5.74) is 3.99.